The number of ether oxygens (including phenoxy) is 1. The molecule has 1 aromatic heterocycles. The average Bonchev–Trinajstić information content (AvgIpc) is 2.89. The van der Waals surface area contributed by atoms with Crippen molar-refractivity contribution in [1.29, 1.82) is 0 Å². The van der Waals surface area contributed by atoms with E-state index in [1.54, 1.807) is 18.2 Å². The Labute approximate surface area is 136 Å². The molecule has 5 nitrogen and oxygen atoms in total. The Morgan fingerprint density at radius 1 is 1.32 bits per heavy atom. The van der Waals surface area contributed by atoms with Gasteiger partial charge < -0.3 is 14.5 Å². The molecule has 0 aliphatic heterocycles. The number of benzene rings is 1. The van der Waals surface area contributed by atoms with Gasteiger partial charge in [-0.25, -0.2) is 4.79 Å². The average molecular weight is 364 g/mol. The lowest BCUT2D eigenvalue weighted by molar-refractivity contribution is -0.142. The number of anilines is 1. The van der Waals surface area contributed by atoms with Crippen molar-refractivity contribution < 1.29 is 18.7 Å². The van der Waals surface area contributed by atoms with Gasteiger partial charge in [0.15, 0.2) is 11.3 Å². The number of hydrogen-bond acceptors (Lipinski definition) is 4. The second-order valence-corrected chi connectivity index (χ2v) is 5.28. The number of esters is 1. The number of carbonyl (C=O) groups is 2. The topological polar surface area (TPSA) is 68.5 Å². The molecule has 0 saturated carbocycles. The fourth-order valence-electron chi connectivity index (χ4n) is 1.67. The molecule has 0 saturated heterocycles. The predicted octanol–water partition coefficient (Wildman–Crippen LogP) is 3.55. The first kappa shape index (κ1) is 16.0. The molecule has 0 aliphatic carbocycles. The number of rotatable bonds is 5. The van der Waals surface area contributed by atoms with E-state index >= 15 is 0 Å². The molecule has 0 aliphatic rings. The molecular weight excluding hydrogens is 350 g/mol. The summed E-state index contributed by atoms with van der Waals surface area (Å²) in [6.45, 7) is 1.58. The smallest absolute Gasteiger partial charge is 0.331 e. The second-order valence-electron chi connectivity index (χ2n) is 4.50. The van der Waals surface area contributed by atoms with Crippen molar-refractivity contribution in [3.8, 4) is 0 Å². The Bertz CT molecular complexity index is 706. The molecular formula is C16H14BrNO4. The highest BCUT2D eigenvalue weighted by Crippen LogP contribution is 2.15. The normalized spacial score (nSPS) is 10.6. The zero-order chi connectivity index (χ0) is 15.9. The number of carbonyl (C=O) groups excluding carboxylic acids is 2. The Morgan fingerprint density at radius 3 is 2.82 bits per heavy atom. The quantitative estimate of drug-likeness (QED) is 0.651. The van der Waals surface area contributed by atoms with Crippen molar-refractivity contribution in [1.82, 2.24) is 0 Å². The van der Waals surface area contributed by atoms with Crippen LogP contribution in [-0.4, -0.2) is 18.5 Å². The molecule has 22 heavy (non-hydrogen) atoms. The maximum atomic E-state index is 11.7. The van der Waals surface area contributed by atoms with Gasteiger partial charge in [0.2, 0.25) is 0 Å². The van der Waals surface area contributed by atoms with E-state index in [1.807, 2.05) is 25.1 Å². The van der Waals surface area contributed by atoms with E-state index in [0.717, 1.165) is 5.56 Å². The van der Waals surface area contributed by atoms with Crippen molar-refractivity contribution in [3.63, 3.8) is 0 Å². The third-order valence-corrected chi connectivity index (χ3v) is 3.05. The first-order chi connectivity index (χ1) is 10.5. The summed E-state index contributed by atoms with van der Waals surface area (Å²) in [6.07, 6.45) is 2.66. The van der Waals surface area contributed by atoms with Crippen LogP contribution in [0.5, 0.6) is 0 Å². The summed E-state index contributed by atoms with van der Waals surface area (Å²) in [6, 6.07) is 10.8. The first-order valence-corrected chi connectivity index (χ1v) is 7.29. The fourth-order valence-corrected chi connectivity index (χ4v) is 1.99. The minimum absolute atomic E-state index is 0.348. The molecule has 0 unspecified atom stereocenters. The molecule has 6 heteroatoms. The van der Waals surface area contributed by atoms with Gasteiger partial charge in [0.25, 0.3) is 5.91 Å². The summed E-state index contributed by atoms with van der Waals surface area (Å²) in [7, 11) is 0. The van der Waals surface area contributed by atoms with Gasteiger partial charge in [-0.3, -0.25) is 4.79 Å². The molecule has 1 amide bonds. The van der Waals surface area contributed by atoms with Gasteiger partial charge in [0.1, 0.15) is 5.76 Å². The number of aryl methyl sites for hydroxylation is 1. The zero-order valence-corrected chi connectivity index (χ0v) is 13.4. The summed E-state index contributed by atoms with van der Waals surface area (Å²) in [5, 5.41) is 2.65. The lowest BCUT2D eigenvalue weighted by atomic mass is 10.2. The van der Waals surface area contributed by atoms with Crippen LogP contribution in [-0.2, 0) is 14.3 Å². The largest absolute Gasteiger partial charge is 0.452 e. The van der Waals surface area contributed by atoms with E-state index in [1.165, 1.54) is 12.2 Å². The summed E-state index contributed by atoms with van der Waals surface area (Å²) in [5.41, 5.74) is 1.69. The lowest BCUT2D eigenvalue weighted by Crippen LogP contribution is -2.20. The number of hydrogen-bond donors (Lipinski definition) is 1. The van der Waals surface area contributed by atoms with Crippen molar-refractivity contribution in [3.05, 3.63) is 58.5 Å². The fraction of sp³-hybridized carbons (Fsp3) is 0.125. The molecule has 0 spiro atoms. The van der Waals surface area contributed by atoms with Gasteiger partial charge in [-0.05, 0) is 58.8 Å². The Kier molecular flexibility index (Phi) is 5.55. The number of furan rings is 1. The van der Waals surface area contributed by atoms with E-state index in [4.69, 9.17) is 9.15 Å². The van der Waals surface area contributed by atoms with E-state index in [0.29, 0.717) is 16.1 Å². The summed E-state index contributed by atoms with van der Waals surface area (Å²) in [4.78, 5) is 23.2. The van der Waals surface area contributed by atoms with Crippen LogP contribution < -0.4 is 5.32 Å². The molecule has 114 valence electrons. The number of amides is 1. The number of halogens is 1. The van der Waals surface area contributed by atoms with E-state index < -0.39 is 11.9 Å². The maximum Gasteiger partial charge on any atom is 0.331 e. The van der Waals surface area contributed by atoms with E-state index in [9.17, 15) is 9.59 Å². The SMILES string of the molecule is Cc1cccc(NC(=O)COC(=O)/C=C/c2ccc(Br)o2)c1. The van der Waals surface area contributed by atoms with Crippen LogP contribution in [0.15, 0.2) is 51.6 Å². The third kappa shape index (κ3) is 5.21. The van der Waals surface area contributed by atoms with E-state index in [2.05, 4.69) is 21.2 Å². The molecule has 1 N–H and O–H groups in total. The standard InChI is InChI=1S/C16H14BrNO4/c1-11-3-2-4-12(9-11)18-15(19)10-21-16(20)8-6-13-5-7-14(17)22-13/h2-9H,10H2,1H3,(H,18,19)/b8-6+. The van der Waals surface area contributed by atoms with Crippen molar-refractivity contribution in [2.45, 2.75) is 6.92 Å². The highest BCUT2D eigenvalue weighted by atomic mass is 79.9. The highest BCUT2D eigenvalue weighted by molar-refractivity contribution is 9.10. The van der Waals surface area contributed by atoms with Crippen LogP contribution in [0.4, 0.5) is 5.69 Å². The monoisotopic (exact) mass is 363 g/mol. The Morgan fingerprint density at radius 2 is 2.14 bits per heavy atom. The summed E-state index contributed by atoms with van der Waals surface area (Å²) < 4.78 is 10.6. The van der Waals surface area contributed by atoms with Crippen LogP contribution in [0.2, 0.25) is 0 Å². The molecule has 2 aromatic rings. The minimum Gasteiger partial charge on any atom is -0.452 e. The van der Waals surface area contributed by atoms with Crippen LogP contribution in [0.1, 0.15) is 11.3 Å². The van der Waals surface area contributed by atoms with Crippen molar-refractivity contribution in [2.75, 3.05) is 11.9 Å². The van der Waals surface area contributed by atoms with Gasteiger partial charge >= 0.3 is 5.97 Å². The van der Waals surface area contributed by atoms with Crippen molar-refractivity contribution >= 4 is 39.6 Å². The molecule has 0 fully saturated rings. The van der Waals surface area contributed by atoms with Crippen LogP contribution in [0.25, 0.3) is 6.08 Å². The lowest BCUT2D eigenvalue weighted by Gasteiger charge is -2.05. The van der Waals surface area contributed by atoms with Crippen LogP contribution >= 0.6 is 15.9 Å². The van der Waals surface area contributed by atoms with E-state index in [-0.39, 0.29) is 6.61 Å². The summed E-state index contributed by atoms with van der Waals surface area (Å²) >= 11 is 3.16. The van der Waals surface area contributed by atoms with Gasteiger partial charge in [0, 0.05) is 11.8 Å². The molecule has 2 rings (SSSR count). The van der Waals surface area contributed by atoms with Gasteiger partial charge in [0.05, 0.1) is 0 Å². The zero-order valence-electron chi connectivity index (χ0n) is 11.8. The van der Waals surface area contributed by atoms with Crippen LogP contribution in [0, 0.1) is 6.92 Å². The highest BCUT2D eigenvalue weighted by Gasteiger charge is 2.06. The Balaban J connectivity index is 1.78. The third-order valence-electron chi connectivity index (χ3n) is 2.63. The number of nitrogens with one attached hydrogen (secondary N) is 1. The predicted molar refractivity (Wildman–Crippen MR) is 86.2 cm³/mol. The van der Waals surface area contributed by atoms with Gasteiger partial charge in [-0.1, -0.05) is 12.1 Å². The molecule has 0 atom stereocenters. The molecule has 0 bridgehead atoms. The molecule has 1 heterocycles. The van der Waals surface area contributed by atoms with Gasteiger partial charge in [-0.15, -0.1) is 0 Å². The molecule has 1 aromatic carbocycles. The van der Waals surface area contributed by atoms with Gasteiger partial charge in [-0.2, -0.15) is 0 Å². The Hall–Kier alpha value is -2.34. The summed E-state index contributed by atoms with van der Waals surface area (Å²) in [5.74, 6) is -0.506. The molecule has 0 radical (unpaired) electrons. The van der Waals surface area contributed by atoms with Crippen LogP contribution in [0.3, 0.4) is 0 Å². The first-order valence-electron chi connectivity index (χ1n) is 6.49. The second kappa shape index (κ2) is 7.61. The minimum atomic E-state index is -0.619. The maximum absolute atomic E-state index is 11.7. The van der Waals surface area contributed by atoms with Crippen molar-refractivity contribution in [2.24, 2.45) is 0 Å².